The molecule has 0 heterocycles. The molecule has 0 unspecified atom stereocenters. The van der Waals surface area contributed by atoms with Gasteiger partial charge in [-0.05, 0) is 46.7 Å². The summed E-state index contributed by atoms with van der Waals surface area (Å²) in [6, 6.07) is 0.897. The summed E-state index contributed by atoms with van der Waals surface area (Å²) in [5.74, 6) is 0. The van der Waals surface area contributed by atoms with Crippen LogP contribution in [-0.4, -0.2) is 36.6 Å². The van der Waals surface area contributed by atoms with Gasteiger partial charge in [-0.1, -0.05) is 13.3 Å². The highest BCUT2D eigenvalue weighted by Gasteiger charge is 2.31. The standard InChI is InChI=1S/C12H26N2/c1-5-6-9-14(11-7-8-11)10-12(2,3)13-4/h11,13H,5-10H2,1-4H3. The minimum absolute atomic E-state index is 0.260. The molecule has 0 aromatic carbocycles. The zero-order chi connectivity index (χ0) is 10.6. The lowest BCUT2D eigenvalue weighted by Crippen LogP contribution is -2.48. The monoisotopic (exact) mass is 198 g/mol. The van der Waals surface area contributed by atoms with Crippen LogP contribution in [0.15, 0.2) is 0 Å². The van der Waals surface area contributed by atoms with Gasteiger partial charge in [0, 0.05) is 18.1 Å². The molecule has 84 valence electrons. The van der Waals surface area contributed by atoms with E-state index in [1.54, 1.807) is 0 Å². The summed E-state index contributed by atoms with van der Waals surface area (Å²) in [6.45, 7) is 9.32. The largest absolute Gasteiger partial charge is 0.314 e. The molecule has 0 amide bonds. The zero-order valence-corrected chi connectivity index (χ0v) is 10.3. The normalized spacial score (nSPS) is 17.8. The number of unbranched alkanes of at least 4 members (excludes halogenated alkanes) is 1. The van der Waals surface area contributed by atoms with E-state index in [9.17, 15) is 0 Å². The van der Waals surface area contributed by atoms with Gasteiger partial charge in [0.2, 0.25) is 0 Å². The van der Waals surface area contributed by atoms with Crippen LogP contribution in [0.5, 0.6) is 0 Å². The van der Waals surface area contributed by atoms with Crippen molar-refractivity contribution in [1.29, 1.82) is 0 Å². The summed E-state index contributed by atoms with van der Waals surface area (Å²) in [4.78, 5) is 2.67. The van der Waals surface area contributed by atoms with Crippen LogP contribution in [0.4, 0.5) is 0 Å². The molecule has 0 aromatic rings. The molecule has 1 aliphatic rings. The van der Waals surface area contributed by atoms with E-state index in [-0.39, 0.29) is 5.54 Å². The Labute approximate surface area is 89.1 Å². The fourth-order valence-corrected chi connectivity index (χ4v) is 1.78. The van der Waals surface area contributed by atoms with E-state index in [1.807, 2.05) is 0 Å². The van der Waals surface area contributed by atoms with E-state index in [0.29, 0.717) is 0 Å². The first-order chi connectivity index (χ1) is 6.59. The molecule has 1 N–H and O–H groups in total. The Kier molecular flexibility index (Phi) is 4.39. The summed E-state index contributed by atoms with van der Waals surface area (Å²) in [5, 5.41) is 3.39. The second-order valence-electron chi connectivity index (χ2n) is 5.19. The molecule has 2 heteroatoms. The van der Waals surface area contributed by atoms with Gasteiger partial charge in [-0.25, -0.2) is 0 Å². The average molecular weight is 198 g/mol. The van der Waals surface area contributed by atoms with Crippen molar-refractivity contribution in [3.8, 4) is 0 Å². The second-order valence-corrected chi connectivity index (χ2v) is 5.19. The summed E-state index contributed by atoms with van der Waals surface area (Å²) < 4.78 is 0. The van der Waals surface area contributed by atoms with Gasteiger partial charge in [-0.15, -0.1) is 0 Å². The van der Waals surface area contributed by atoms with Crippen molar-refractivity contribution in [3.05, 3.63) is 0 Å². The van der Waals surface area contributed by atoms with Crippen molar-refractivity contribution < 1.29 is 0 Å². The quantitative estimate of drug-likeness (QED) is 0.675. The van der Waals surface area contributed by atoms with Crippen LogP contribution in [-0.2, 0) is 0 Å². The smallest absolute Gasteiger partial charge is 0.0249 e. The minimum atomic E-state index is 0.260. The molecule has 0 atom stereocenters. The molecule has 1 fully saturated rings. The molecule has 1 aliphatic carbocycles. The third kappa shape index (κ3) is 3.97. The summed E-state index contributed by atoms with van der Waals surface area (Å²) >= 11 is 0. The van der Waals surface area contributed by atoms with Crippen LogP contribution in [0.25, 0.3) is 0 Å². The van der Waals surface area contributed by atoms with Crippen molar-refractivity contribution >= 4 is 0 Å². The highest BCUT2D eigenvalue weighted by molar-refractivity contribution is 4.89. The van der Waals surface area contributed by atoms with Crippen LogP contribution in [0.2, 0.25) is 0 Å². The summed E-state index contributed by atoms with van der Waals surface area (Å²) in [7, 11) is 2.06. The van der Waals surface area contributed by atoms with Crippen LogP contribution in [0.1, 0.15) is 46.5 Å². The SMILES string of the molecule is CCCCN(CC(C)(C)NC)C1CC1. The van der Waals surface area contributed by atoms with Crippen LogP contribution < -0.4 is 5.32 Å². The number of likely N-dealkylation sites (N-methyl/N-ethyl adjacent to an activating group) is 1. The Morgan fingerprint density at radius 3 is 2.43 bits per heavy atom. The van der Waals surface area contributed by atoms with Crippen molar-refractivity contribution in [2.24, 2.45) is 0 Å². The van der Waals surface area contributed by atoms with E-state index < -0.39 is 0 Å². The van der Waals surface area contributed by atoms with Gasteiger partial charge in [0.25, 0.3) is 0 Å². The molecule has 0 aliphatic heterocycles. The number of hydrogen-bond acceptors (Lipinski definition) is 2. The number of nitrogens with zero attached hydrogens (tertiary/aromatic N) is 1. The second kappa shape index (κ2) is 5.13. The van der Waals surface area contributed by atoms with E-state index in [0.717, 1.165) is 6.04 Å². The Bertz CT molecular complexity index is 162. The lowest BCUT2D eigenvalue weighted by atomic mass is 10.1. The van der Waals surface area contributed by atoms with E-state index >= 15 is 0 Å². The van der Waals surface area contributed by atoms with E-state index in [1.165, 1.54) is 38.8 Å². The fraction of sp³-hybridized carbons (Fsp3) is 1.00. The summed E-state index contributed by atoms with van der Waals surface area (Å²) in [6.07, 6.45) is 5.49. The maximum absolute atomic E-state index is 3.39. The first kappa shape index (κ1) is 12.0. The highest BCUT2D eigenvalue weighted by atomic mass is 15.2. The highest BCUT2D eigenvalue weighted by Crippen LogP contribution is 2.28. The minimum Gasteiger partial charge on any atom is -0.314 e. The van der Waals surface area contributed by atoms with Crippen LogP contribution in [0, 0.1) is 0 Å². The lowest BCUT2D eigenvalue weighted by Gasteiger charge is -2.32. The van der Waals surface area contributed by atoms with Gasteiger partial charge in [0.05, 0.1) is 0 Å². The molecule has 0 spiro atoms. The van der Waals surface area contributed by atoms with Gasteiger partial charge in [0.1, 0.15) is 0 Å². The number of rotatable bonds is 7. The first-order valence-corrected chi connectivity index (χ1v) is 6.02. The van der Waals surface area contributed by atoms with Gasteiger partial charge < -0.3 is 5.32 Å². The number of nitrogens with one attached hydrogen (secondary N) is 1. The van der Waals surface area contributed by atoms with Crippen molar-refractivity contribution in [3.63, 3.8) is 0 Å². The third-order valence-corrected chi connectivity index (χ3v) is 3.14. The zero-order valence-electron chi connectivity index (χ0n) is 10.3. The molecule has 14 heavy (non-hydrogen) atoms. The Balaban J connectivity index is 2.34. The summed E-state index contributed by atoms with van der Waals surface area (Å²) in [5.41, 5.74) is 0.260. The molecule has 1 saturated carbocycles. The maximum Gasteiger partial charge on any atom is 0.0249 e. The number of hydrogen-bond donors (Lipinski definition) is 1. The Morgan fingerprint density at radius 2 is 2.00 bits per heavy atom. The molecule has 0 saturated heterocycles. The van der Waals surface area contributed by atoms with E-state index in [2.05, 4.69) is 38.0 Å². The lowest BCUT2D eigenvalue weighted by molar-refractivity contribution is 0.196. The Morgan fingerprint density at radius 1 is 1.36 bits per heavy atom. The van der Waals surface area contributed by atoms with Crippen LogP contribution >= 0.6 is 0 Å². The molecular formula is C12H26N2. The van der Waals surface area contributed by atoms with Crippen LogP contribution in [0.3, 0.4) is 0 Å². The van der Waals surface area contributed by atoms with Crippen molar-refractivity contribution in [1.82, 2.24) is 10.2 Å². The predicted octanol–water partition coefficient (Wildman–Crippen LogP) is 2.25. The molecule has 1 rings (SSSR count). The van der Waals surface area contributed by atoms with Gasteiger partial charge in [-0.3, -0.25) is 4.90 Å². The molecule has 0 aromatic heterocycles. The topological polar surface area (TPSA) is 15.3 Å². The van der Waals surface area contributed by atoms with Gasteiger partial charge in [-0.2, -0.15) is 0 Å². The van der Waals surface area contributed by atoms with Crippen molar-refractivity contribution in [2.45, 2.75) is 58.0 Å². The molecular weight excluding hydrogens is 172 g/mol. The van der Waals surface area contributed by atoms with E-state index in [4.69, 9.17) is 0 Å². The van der Waals surface area contributed by atoms with Crippen molar-refractivity contribution in [2.75, 3.05) is 20.1 Å². The Hall–Kier alpha value is -0.0800. The average Bonchev–Trinajstić information content (AvgIpc) is 2.95. The van der Waals surface area contributed by atoms with Gasteiger partial charge in [0.15, 0.2) is 0 Å². The molecule has 0 bridgehead atoms. The first-order valence-electron chi connectivity index (χ1n) is 6.02. The predicted molar refractivity (Wildman–Crippen MR) is 62.6 cm³/mol. The molecule has 0 radical (unpaired) electrons. The molecule has 2 nitrogen and oxygen atoms in total. The fourth-order valence-electron chi connectivity index (χ4n) is 1.78. The van der Waals surface area contributed by atoms with Gasteiger partial charge >= 0.3 is 0 Å². The third-order valence-electron chi connectivity index (χ3n) is 3.14. The maximum atomic E-state index is 3.39.